The molecule has 6 atom stereocenters. The number of ether oxygens (including phenoxy) is 5. The molecule has 46 heavy (non-hydrogen) atoms. The van der Waals surface area contributed by atoms with Gasteiger partial charge in [0.05, 0.1) is 19.0 Å². The van der Waals surface area contributed by atoms with Crippen LogP contribution in [0.25, 0.3) is 0 Å². The van der Waals surface area contributed by atoms with Crippen molar-refractivity contribution >= 4 is 5.97 Å². The molecule has 2 N–H and O–H groups in total. The molecule has 0 bridgehead atoms. The molecule has 0 unspecified atom stereocenters. The molecule has 0 radical (unpaired) electrons. The first kappa shape index (κ1) is 42.6. The Bertz CT molecular complexity index is 757. The molecule has 0 aromatic heterocycles. The molecular weight excluding hydrogens is 584 g/mol. The summed E-state index contributed by atoms with van der Waals surface area (Å²) in [5.41, 5.74) is 0. The highest BCUT2D eigenvalue weighted by Crippen LogP contribution is 2.28. The fourth-order valence-corrected chi connectivity index (χ4v) is 5.87. The van der Waals surface area contributed by atoms with Crippen molar-refractivity contribution in [1.82, 2.24) is 0 Å². The Morgan fingerprint density at radius 1 is 0.804 bits per heavy atom. The molecule has 8 heteroatoms. The molecule has 8 nitrogen and oxygen atoms in total. The molecule has 1 saturated heterocycles. The van der Waals surface area contributed by atoms with Crippen molar-refractivity contribution in [2.45, 2.75) is 192 Å². The molecular formula is C38H70O8. The lowest BCUT2D eigenvalue weighted by Crippen LogP contribution is -2.61. The Kier molecular flexibility index (Phi) is 27.5. The lowest BCUT2D eigenvalue weighted by molar-refractivity contribution is -0.299. The molecule has 1 aliphatic heterocycles. The summed E-state index contributed by atoms with van der Waals surface area (Å²) in [5.74, 6) is -0.366. The maximum Gasteiger partial charge on any atom is 0.306 e. The number of methoxy groups -OCH3 is 1. The van der Waals surface area contributed by atoms with E-state index in [-0.39, 0.29) is 18.5 Å². The zero-order valence-electron chi connectivity index (χ0n) is 29.9. The van der Waals surface area contributed by atoms with Crippen molar-refractivity contribution in [3.8, 4) is 0 Å². The number of aliphatic hydroxyl groups is 2. The van der Waals surface area contributed by atoms with Crippen LogP contribution in [0.4, 0.5) is 0 Å². The van der Waals surface area contributed by atoms with Crippen molar-refractivity contribution in [1.29, 1.82) is 0 Å². The Balaban J connectivity index is 2.48. The first-order valence-corrected chi connectivity index (χ1v) is 18.7. The average molecular weight is 655 g/mol. The highest BCUT2D eigenvalue weighted by atomic mass is 16.7. The van der Waals surface area contributed by atoms with Gasteiger partial charge >= 0.3 is 5.97 Å². The smallest absolute Gasteiger partial charge is 0.306 e. The lowest BCUT2D eigenvalue weighted by atomic mass is 9.98. The van der Waals surface area contributed by atoms with E-state index in [2.05, 4.69) is 26.0 Å². The predicted octanol–water partition coefficient (Wildman–Crippen LogP) is 8.71. The van der Waals surface area contributed by atoms with Crippen LogP contribution in [0.1, 0.15) is 156 Å². The van der Waals surface area contributed by atoms with Crippen LogP contribution in [-0.4, -0.2) is 73.3 Å². The van der Waals surface area contributed by atoms with Crippen LogP contribution in [0.2, 0.25) is 0 Å². The van der Waals surface area contributed by atoms with Crippen LogP contribution < -0.4 is 0 Å². The van der Waals surface area contributed by atoms with Gasteiger partial charge in [0, 0.05) is 20.1 Å². The van der Waals surface area contributed by atoms with E-state index in [0.717, 1.165) is 32.1 Å². The fraction of sp³-hybridized carbons (Fsp3) is 0.868. The van der Waals surface area contributed by atoms with E-state index in [9.17, 15) is 15.0 Å². The molecule has 0 saturated carbocycles. The number of hydrogen-bond acceptors (Lipinski definition) is 8. The van der Waals surface area contributed by atoms with Gasteiger partial charge < -0.3 is 33.9 Å². The van der Waals surface area contributed by atoms with Gasteiger partial charge in [-0.1, -0.05) is 116 Å². The van der Waals surface area contributed by atoms with Gasteiger partial charge in [-0.15, -0.1) is 0 Å². The average Bonchev–Trinajstić information content (AvgIpc) is 3.06. The number of aliphatic hydroxyl groups excluding tert-OH is 2. The van der Waals surface area contributed by atoms with Gasteiger partial charge in [0.1, 0.15) is 18.3 Å². The molecule has 270 valence electrons. The first-order valence-electron chi connectivity index (χ1n) is 18.7. The van der Waals surface area contributed by atoms with Crippen molar-refractivity contribution in [2.75, 3.05) is 20.3 Å². The lowest BCUT2D eigenvalue weighted by Gasteiger charge is -2.42. The van der Waals surface area contributed by atoms with Crippen LogP contribution in [0, 0.1) is 0 Å². The Hall–Kier alpha value is -1.45. The Morgan fingerprint density at radius 3 is 2.00 bits per heavy atom. The number of allylic oxidation sites excluding steroid dienone is 3. The van der Waals surface area contributed by atoms with E-state index in [1.807, 2.05) is 0 Å². The zero-order chi connectivity index (χ0) is 33.7. The quantitative estimate of drug-likeness (QED) is 0.0343. The van der Waals surface area contributed by atoms with Crippen molar-refractivity contribution in [2.24, 2.45) is 0 Å². The fourth-order valence-electron chi connectivity index (χ4n) is 5.87. The summed E-state index contributed by atoms with van der Waals surface area (Å²) in [6.45, 7) is 6.16. The van der Waals surface area contributed by atoms with E-state index in [1.54, 1.807) is 20.1 Å². The summed E-state index contributed by atoms with van der Waals surface area (Å²) in [6, 6.07) is 0. The third kappa shape index (κ3) is 20.0. The number of carbonyl (C=O) groups excluding carboxylic acids is 1. The minimum absolute atomic E-state index is 0.0465. The maximum atomic E-state index is 12.9. The number of rotatable bonds is 30. The number of unbranched alkanes of at least 4 members (excludes halogenated alkanes) is 15. The number of esters is 1. The number of hydrogen-bond donors (Lipinski definition) is 2. The summed E-state index contributed by atoms with van der Waals surface area (Å²) >= 11 is 0. The molecule has 0 aliphatic carbocycles. The molecule has 0 aromatic rings. The topological polar surface area (TPSA) is 104 Å². The highest BCUT2D eigenvalue weighted by Gasteiger charge is 2.49. The molecule has 1 rings (SSSR count). The van der Waals surface area contributed by atoms with Gasteiger partial charge in [-0.2, -0.15) is 0 Å². The molecule has 0 aromatic carbocycles. The number of carbonyl (C=O) groups is 1. The van der Waals surface area contributed by atoms with E-state index in [1.165, 1.54) is 96.2 Å². The van der Waals surface area contributed by atoms with E-state index < -0.39 is 37.3 Å². The van der Waals surface area contributed by atoms with Gasteiger partial charge in [0.2, 0.25) is 6.29 Å². The molecule has 1 heterocycles. The second-order valence-corrected chi connectivity index (χ2v) is 12.8. The molecule has 1 fully saturated rings. The standard InChI is InChI=1S/C38H70O8/c1-5-8-10-12-13-14-15-16-17-18-19-20-21-23-25-27-34(40)46-37-36(35(41)33(31-39)45-38(37)44-29-7-3)43-30-28-32(42-4)26-24-22-11-9-6-2/h7,14-15,29,32-33,35-39,41H,5-6,8-13,16-28,30-31H2,1-4H3/b15-14-,29-7+/t32-,33-,35-,36+,37-,38+/m1/s1. The van der Waals surface area contributed by atoms with E-state index >= 15 is 0 Å². The van der Waals surface area contributed by atoms with Crippen molar-refractivity contribution in [3.63, 3.8) is 0 Å². The van der Waals surface area contributed by atoms with E-state index in [0.29, 0.717) is 13.0 Å². The SMILES string of the molecule is C/C=C/O[C@H]1O[C@H](CO)[C@@H](O)[C@H](OCC[C@@H](CCCCCCC)OC)[C@H]1OC(=O)CCCCCCCCC/C=C\CCCCCC. The van der Waals surface area contributed by atoms with Gasteiger partial charge in [0.25, 0.3) is 0 Å². The van der Waals surface area contributed by atoms with Gasteiger partial charge in [-0.05, 0) is 51.9 Å². The summed E-state index contributed by atoms with van der Waals surface area (Å²) in [7, 11) is 1.71. The van der Waals surface area contributed by atoms with Crippen molar-refractivity contribution in [3.05, 3.63) is 24.5 Å². The minimum atomic E-state index is -1.18. The minimum Gasteiger partial charge on any atom is -0.469 e. The van der Waals surface area contributed by atoms with E-state index in [4.69, 9.17) is 23.7 Å². The summed E-state index contributed by atoms with van der Waals surface area (Å²) in [6.07, 6.45) is 26.2. The first-order chi connectivity index (χ1) is 22.5. The Labute approximate surface area is 281 Å². The van der Waals surface area contributed by atoms with Gasteiger partial charge in [0.15, 0.2) is 6.10 Å². The normalized spacial score (nSPS) is 22.5. The van der Waals surface area contributed by atoms with Crippen LogP contribution >= 0.6 is 0 Å². The second-order valence-electron chi connectivity index (χ2n) is 12.8. The van der Waals surface area contributed by atoms with Crippen LogP contribution in [-0.2, 0) is 28.5 Å². The Morgan fingerprint density at radius 2 is 1.39 bits per heavy atom. The van der Waals surface area contributed by atoms with Crippen LogP contribution in [0.15, 0.2) is 24.5 Å². The summed E-state index contributed by atoms with van der Waals surface area (Å²) in [5, 5.41) is 20.9. The summed E-state index contributed by atoms with van der Waals surface area (Å²) in [4.78, 5) is 12.9. The zero-order valence-corrected chi connectivity index (χ0v) is 29.9. The highest BCUT2D eigenvalue weighted by molar-refractivity contribution is 5.69. The van der Waals surface area contributed by atoms with Gasteiger partial charge in [-0.25, -0.2) is 0 Å². The molecule has 0 amide bonds. The second kappa shape index (κ2) is 29.7. The third-order valence-corrected chi connectivity index (χ3v) is 8.77. The van der Waals surface area contributed by atoms with Crippen molar-refractivity contribution < 1.29 is 38.7 Å². The third-order valence-electron chi connectivity index (χ3n) is 8.77. The summed E-state index contributed by atoms with van der Waals surface area (Å²) < 4.78 is 29.2. The van der Waals surface area contributed by atoms with Gasteiger partial charge in [-0.3, -0.25) is 4.79 Å². The van der Waals surface area contributed by atoms with Crippen LogP contribution in [0.3, 0.4) is 0 Å². The molecule has 1 aliphatic rings. The maximum absolute atomic E-state index is 12.9. The molecule has 0 spiro atoms. The monoisotopic (exact) mass is 655 g/mol. The predicted molar refractivity (Wildman–Crippen MR) is 186 cm³/mol. The largest absolute Gasteiger partial charge is 0.469 e. The van der Waals surface area contributed by atoms with Crippen LogP contribution in [0.5, 0.6) is 0 Å².